The number of hydrogen-bond donors (Lipinski definition) is 3. The van der Waals surface area contributed by atoms with Crippen molar-refractivity contribution in [3.8, 4) is 5.75 Å². The first kappa shape index (κ1) is 24.7. The molecule has 0 fully saturated rings. The Morgan fingerprint density at radius 3 is 2.26 bits per heavy atom. The lowest BCUT2D eigenvalue weighted by molar-refractivity contribution is 0.112. The van der Waals surface area contributed by atoms with Gasteiger partial charge in [-0.15, -0.1) is 0 Å². The summed E-state index contributed by atoms with van der Waals surface area (Å²) in [7, 11) is 1.64. The molecule has 31 heavy (non-hydrogen) atoms. The predicted octanol–water partition coefficient (Wildman–Crippen LogP) is 3.59. The Morgan fingerprint density at radius 1 is 1.00 bits per heavy atom. The van der Waals surface area contributed by atoms with Crippen LogP contribution in [0.4, 0.5) is 4.79 Å². The Bertz CT molecular complexity index is 788. The van der Waals surface area contributed by atoms with Gasteiger partial charge in [-0.25, -0.2) is 4.79 Å². The molecule has 2 aromatic rings. The van der Waals surface area contributed by atoms with Crippen LogP contribution >= 0.6 is 0 Å². The number of benzene rings is 2. The van der Waals surface area contributed by atoms with Crippen LogP contribution < -0.4 is 15.4 Å². The molecule has 0 saturated carbocycles. The second kappa shape index (κ2) is 12.3. The summed E-state index contributed by atoms with van der Waals surface area (Å²) in [5.74, 6) is 0.802. The highest BCUT2D eigenvalue weighted by Gasteiger charge is 2.26. The molecule has 6 heteroatoms. The SMILES string of the molecule is COc1cccc(CNC[C@H](O)[C@H](Cc2ccccc2)NC(=O)N(C(C)C)C(C)C)c1. The van der Waals surface area contributed by atoms with Crippen LogP contribution in [0, 0.1) is 0 Å². The van der Waals surface area contributed by atoms with Crippen LogP contribution in [0.1, 0.15) is 38.8 Å². The third-order valence-corrected chi connectivity index (χ3v) is 5.24. The van der Waals surface area contributed by atoms with Crippen molar-refractivity contribution in [1.82, 2.24) is 15.5 Å². The van der Waals surface area contributed by atoms with Crippen molar-refractivity contribution >= 4 is 6.03 Å². The largest absolute Gasteiger partial charge is 0.497 e. The lowest BCUT2D eigenvalue weighted by Crippen LogP contribution is -2.55. The zero-order chi connectivity index (χ0) is 22.8. The van der Waals surface area contributed by atoms with Crippen LogP contribution in [0.3, 0.4) is 0 Å². The van der Waals surface area contributed by atoms with Crippen LogP contribution in [0.2, 0.25) is 0 Å². The maximum atomic E-state index is 13.0. The summed E-state index contributed by atoms with van der Waals surface area (Å²) < 4.78 is 5.26. The molecule has 2 atom stereocenters. The summed E-state index contributed by atoms with van der Waals surface area (Å²) in [5, 5.41) is 17.3. The van der Waals surface area contributed by atoms with Crippen LogP contribution in [-0.2, 0) is 13.0 Å². The number of rotatable bonds is 11. The minimum absolute atomic E-state index is 0.0701. The quantitative estimate of drug-likeness (QED) is 0.512. The van der Waals surface area contributed by atoms with Crippen LogP contribution in [0.15, 0.2) is 54.6 Å². The fourth-order valence-electron chi connectivity index (χ4n) is 3.74. The lowest BCUT2D eigenvalue weighted by Gasteiger charge is -2.34. The fraction of sp³-hybridized carbons (Fsp3) is 0.480. The predicted molar refractivity (Wildman–Crippen MR) is 125 cm³/mol. The Labute approximate surface area is 186 Å². The highest BCUT2D eigenvalue weighted by molar-refractivity contribution is 5.75. The second-order valence-corrected chi connectivity index (χ2v) is 8.39. The molecule has 0 saturated heterocycles. The van der Waals surface area contributed by atoms with Gasteiger partial charge in [0.05, 0.1) is 19.3 Å². The van der Waals surface area contributed by atoms with E-state index in [0.717, 1.165) is 16.9 Å². The molecule has 0 aromatic heterocycles. The second-order valence-electron chi connectivity index (χ2n) is 8.39. The number of methoxy groups -OCH3 is 1. The van der Waals surface area contributed by atoms with Crippen molar-refractivity contribution in [2.24, 2.45) is 0 Å². The Kier molecular flexibility index (Phi) is 9.82. The molecule has 0 aliphatic carbocycles. The zero-order valence-electron chi connectivity index (χ0n) is 19.3. The molecule has 0 unspecified atom stereocenters. The fourth-order valence-corrected chi connectivity index (χ4v) is 3.74. The lowest BCUT2D eigenvalue weighted by atomic mass is 10.0. The van der Waals surface area contributed by atoms with Gasteiger partial charge >= 0.3 is 6.03 Å². The van der Waals surface area contributed by atoms with Gasteiger partial charge in [0.2, 0.25) is 0 Å². The standard InChI is InChI=1S/C25H37N3O3/c1-18(2)28(19(3)4)25(30)27-23(15-20-10-7-6-8-11-20)24(29)17-26-16-21-12-9-13-22(14-21)31-5/h6-14,18-19,23-24,26,29H,15-17H2,1-5H3,(H,27,30)/t23-,24-/m0/s1. The third-order valence-electron chi connectivity index (χ3n) is 5.24. The van der Waals surface area contributed by atoms with Gasteiger partial charge in [-0.1, -0.05) is 42.5 Å². The Balaban J connectivity index is 2.04. The molecule has 170 valence electrons. The van der Waals surface area contributed by atoms with Gasteiger partial charge in [0.15, 0.2) is 0 Å². The zero-order valence-corrected chi connectivity index (χ0v) is 19.3. The number of aliphatic hydroxyl groups is 1. The molecule has 0 spiro atoms. The van der Waals surface area contributed by atoms with Gasteiger partial charge in [-0.2, -0.15) is 0 Å². The number of nitrogens with zero attached hydrogens (tertiary/aromatic N) is 1. The Morgan fingerprint density at radius 2 is 1.65 bits per heavy atom. The summed E-state index contributed by atoms with van der Waals surface area (Å²) in [4.78, 5) is 14.8. The highest BCUT2D eigenvalue weighted by atomic mass is 16.5. The number of nitrogens with one attached hydrogen (secondary N) is 2. The van der Waals surface area contributed by atoms with Gasteiger partial charge in [0, 0.05) is 25.2 Å². The first-order valence-corrected chi connectivity index (χ1v) is 11.0. The first-order chi connectivity index (χ1) is 14.8. The van der Waals surface area contributed by atoms with E-state index in [0.29, 0.717) is 19.5 Å². The maximum absolute atomic E-state index is 13.0. The normalized spacial score (nSPS) is 13.2. The van der Waals surface area contributed by atoms with E-state index in [1.807, 2.05) is 82.3 Å². The number of carbonyl (C=O) groups excluding carboxylic acids is 1. The molecular weight excluding hydrogens is 390 g/mol. The molecule has 6 nitrogen and oxygen atoms in total. The van der Waals surface area contributed by atoms with E-state index in [4.69, 9.17) is 4.74 Å². The molecular formula is C25H37N3O3. The number of amides is 2. The van der Waals surface area contributed by atoms with Crippen molar-refractivity contribution in [3.63, 3.8) is 0 Å². The van der Waals surface area contributed by atoms with E-state index < -0.39 is 12.1 Å². The average Bonchev–Trinajstić information content (AvgIpc) is 2.73. The summed E-state index contributed by atoms with van der Waals surface area (Å²) in [5.41, 5.74) is 2.14. The molecule has 0 radical (unpaired) electrons. The van der Waals surface area contributed by atoms with Gasteiger partial charge in [0.25, 0.3) is 0 Å². The smallest absolute Gasteiger partial charge is 0.318 e. The van der Waals surface area contributed by atoms with Crippen LogP contribution in [0.5, 0.6) is 5.75 Å². The molecule has 3 N–H and O–H groups in total. The number of carbonyl (C=O) groups is 1. The molecule has 2 amide bonds. The monoisotopic (exact) mass is 427 g/mol. The van der Waals surface area contributed by atoms with Crippen molar-refractivity contribution in [2.45, 2.75) is 64.9 Å². The van der Waals surface area contributed by atoms with E-state index in [2.05, 4.69) is 10.6 Å². The van der Waals surface area contributed by atoms with E-state index in [1.54, 1.807) is 12.0 Å². The topological polar surface area (TPSA) is 73.8 Å². The minimum atomic E-state index is -0.740. The van der Waals surface area contributed by atoms with Crippen molar-refractivity contribution < 1.29 is 14.6 Å². The van der Waals surface area contributed by atoms with Gasteiger partial charge in [-0.3, -0.25) is 0 Å². The van der Waals surface area contributed by atoms with E-state index in [9.17, 15) is 9.90 Å². The minimum Gasteiger partial charge on any atom is -0.497 e. The highest BCUT2D eigenvalue weighted by Crippen LogP contribution is 2.13. The van der Waals surface area contributed by atoms with Gasteiger partial charge in [-0.05, 0) is 57.4 Å². The van der Waals surface area contributed by atoms with Crippen LogP contribution in [-0.4, -0.2) is 53.9 Å². The molecule has 0 heterocycles. The number of aliphatic hydroxyl groups excluding tert-OH is 1. The van der Waals surface area contributed by atoms with E-state index in [1.165, 1.54) is 0 Å². The Hall–Kier alpha value is -2.57. The summed E-state index contributed by atoms with van der Waals surface area (Å²) in [6.45, 7) is 8.95. The molecule has 0 bridgehead atoms. The number of hydrogen-bond acceptors (Lipinski definition) is 4. The summed E-state index contributed by atoms with van der Waals surface area (Å²) >= 11 is 0. The van der Waals surface area contributed by atoms with Crippen molar-refractivity contribution in [2.75, 3.05) is 13.7 Å². The summed E-state index contributed by atoms with van der Waals surface area (Å²) in [6, 6.07) is 17.3. The van der Waals surface area contributed by atoms with Gasteiger partial charge in [0.1, 0.15) is 5.75 Å². The molecule has 0 aliphatic heterocycles. The summed E-state index contributed by atoms with van der Waals surface area (Å²) in [6.07, 6.45) is -0.186. The van der Waals surface area contributed by atoms with Gasteiger partial charge < -0.3 is 25.4 Å². The average molecular weight is 428 g/mol. The first-order valence-electron chi connectivity index (χ1n) is 11.0. The molecule has 2 rings (SSSR count). The maximum Gasteiger partial charge on any atom is 0.318 e. The van der Waals surface area contributed by atoms with E-state index >= 15 is 0 Å². The van der Waals surface area contributed by atoms with Crippen molar-refractivity contribution in [1.29, 1.82) is 0 Å². The third kappa shape index (κ3) is 7.89. The number of urea groups is 1. The van der Waals surface area contributed by atoms with Crippen molar-refractivity contribution in [3.05, 3.63) is 65.7 Å². The molecule has 2 aromatic carbocycles. The van der Waals surface area contributed by atoms with Crippen LogP contribution in [0.25, 0.3) is 0 Å². The molecule has 0 aliphatic rings. The van der Waals surface area contributed by atoms with E-state index in [-0.39, 0.29) is 18.1 Å². The number of ether oxygens (including phenoxy) is 1.